The highest BCUT2D eigenvalue weighted by Crippen LogP contribution is 2.31. The highest BCUT2D eigenvalue weighted by molar-refractivity contribution is 5.46. The van der Waals surface area contributed by atoms with Gasteiger partial charge in [0.25, 0.3) is 0 Å². The molecule has 0 fully saturated rings. The van der Waals surface area contributed by atoms with E-state index in [0.717, 1.165) is 17.7 Å². The van der Waals surface area contributed by atoms with E-state index in [1.807, 2.05) is 6.92 Å². The van der Waals surface area contributed by atoms with E-state index in [4.69, 9.17) is 4.74 Å². The second-order valence-electron chi connectivity index (χ2n) is 4.13. The number of halogens is 4. The van der Waals surface area contributed by atoms with Crippen LogP contribution in [0.4, 0.5) is 23.2 Å². The van der Waals surface area contributed by atoms with E-state index in [0.29, 0.717) is 25.8 Å². The zero-order valence-corrected chi connectivity index (χ0v) is 10.5. The molecule has 0 spiro atoms. The van der Waals surface area contributed by atoms with Crippen LogP contribution in [0, 0.1) is 5.82 Å². The van der Waals surface area contributed by atoms with Gasteiger partial charge in [0, 0.05) is 6.54 Å². The van der Waals surface area contributed by atoms with Crippen molar-refractivity contribution in [2.24, 2.45) is 0 Å². The highest BCUT2D eigenvalue weighted by atomic mass is 19.4. The van der Waals surface area contributed by atoms with Crippen LogP contribution in [0.1, 0.15) is 12.5 Å². The molecule has 0 aliphatic rings. The molecular weight excluding hydrogens is 262 g/mol. The van der Waals surface area contributed by atoms with Crippen molar-refractivity contribution in [3.05, 3.63) is 41.7 Å². The van der Waals surface area contributed by atoms with Crippen molar-refractivity contribution >= 4 is 5.69 Å². The first-order valence-electron chi connectivity index (χ1n) is 5.63. The average Bonchev–Trinajstić information content (AvgIpc) is 2.28. The standard InChI is InChI=1S/C13H15F4NO/c1-9(2)8-19-6-5-18-12-4-3-10(7-11(12)14)13(15,16)17/h3-4,7,18H,1,5-6,8H2,2H3. The number of alkyl halides is 3. The van der Waals surface area contributed by atoms with Crippen LogP contribution in [0.25, 0.3) is 0 Å². The molecule has 0 unspecified atom stereocenters. The van der Waals surface area contributed by atoms with Crippen molar-refractivity contribution in [3.63, 3.8) is 0 Å². The molecule has 1 aromatic carbocycles. The Labute approximate surface area is 109 Å². The third kappa shape index (κ3) is 5.30. The summed E-state index contributed by atoms with van der Waals surface area (Å²) in [4.78, 5) is 0. The SMILES string of the molecule is C=C(C)COCCNc1ccc(C(F)(F)F)cc1F. The number of hydrogen-bond donors (Lipinski definition) is 1. The first-order chi connectivity index (χ1) is 8.80. The lowest BCUT2D eigenvalue weighted by Gasteiger charge is -2.11. The topological polar surface area (TPSA) is 21.3 Å². The van der Waals surface area contributed by atoms with Crippen molar-refractivity contribution in [2.75, 3.05) is 25.1 Å². The van der Waals surface area contributed by atoms with Gasteiger partial charge in [-0.2, -0.15) is 13.2 Å². The van der Waals surface area contributed by atoms with Crippen molar-refractivity contribution < 1.29 is 22.3 Å². The number of hydrogen-bond acceptors (Lipinski definition) is 2. The van der Waals surface area contributed by atoms with E-state index >= 15 is 0 Å². The van der Waals surface area contributed by atoms with E-state index in [9.17, 15) is 17.6 Å². The molecule has 0 atom stereocenters. The van der Waals surface area contributed by atoms with Crippen LogP contribution in [0.5, 0.6) is 0 Å². The molecule has 2 nitrogen and oxygen atoms in total. The van der Waals surface area contributed by atoms with Gasteiger partial charge >= 0.3 is 6.18 Å². The summed E-state index contributed by atoms with van der Waals surface area (Å²) in [5, 5.41) is 2.67. The molecule has 1 rings (SSSR count). The van der Waals surface area contributed by atoms with Gasteiger partial charge in [-0.1, -0.05) is 12.2 Å². The fourth-order valence-corrected chi connectivity index (χ4v) is 1.34. The number of ether oxygens (including phenoxy) is 1. The molecule has 0 saturated heterocycles. The van der Waals surface area contributed by atoms with Gasteiger partial charge in [0.15, 0.2) is 0 Å². The second-order valence-corrected chi connectivity index (χ2v) is 4.13. The lowest BCUT2D eigenvalue weighted by Crippen LogP contribution is -2.12. The summed E-state index contributed by atoms with van der Waals surface area (Å²) in [6.07, 6.45) is -4.54. The molecule has 6 heteroatoms. The van der Waals surface area contributed by atoms with Crippen LogP contribution in [0.2, 0.25) is 0 Å². The van der Waals surface area contributed by atoms with Crippen LogP contribution in [0.3, 0.4) is 0 Å². The Morgan fingerprint density at radius 3 is 2.58 bits per heavy atom. The van der Waals surface area contributed by atoms with E-state index in [1.165, 1.54) is 0 Å². The van der Waals surface area contributed by atoms with E-state index in [-0.39, 0.29) is 5.69 Å². The fourth-order valence-electron chi connectivity index (χ4n) is 1.34. The fraction of sp³-hybridized carbons (Fsp3) is 0.385. The number of nitrogens with one attached hydrogen (secondary N) is 1. The summed E-state index contributed by atoms with van der Waals surface area (Å²) in [5.41, 5.74) is -0.123. The van der Waals surface area contributed by atoms with Crippen molar-refractivity contribution in [1.29, 1.82) is 0 Å². The second kappa shape index (κ2) is 6.56. The van der Waals surface area contributed by atoms with E-state index in [1.54, 1.807) is 0 Å². The van der Waals surface area contributed by atoms with Gasteiger partial charge in [0.1, 0.15) is 5.82 Å². The Kier molecular flexibility index (Phi) is 5.35. The summed E-state index contributed by atoms with van der Waals surface area (Å²) in [7, 11) is 0. The first kappa shape index (κ1) is 15.5. The monoisotopic (exact) mass is 277 g/mol. The van der Waals surface area contributed by atoms with Gasteiger partial charge in [-0.15, -0.1) is 0 Å². The molecular formula is C13H15F4NO. The molecule has 106 valence electrons. The molecule has 0 saturated carbocycles. The van der Waals surface area contributed by atoms with Crippen LogP contribution >= 0.6 is 0 Å². The Morgan fingerprint density at radius 1 is 1.37 bits per heavy atom. The van der Waals surface area contributed by atoms with E-state index < -0.39 is 17.6 Å². The molecule has 0 heterocycles. The zero-order chi connectivity index (χ0) is 14.5. The molecule has 0 aliphatic heterocycles. The number of benzene rings is 1. The molecule has 19 heavy (non-hydrogen) atoms. The molecule has 0 aliphatic carbocycles. The highest BCUT2D eigenvalue weighted by Gasteiger charge is 2.31. The maximum atomic E-state index is 13.4. The van der Waals surface area contributed by atoms with Crippen molar-refractivity contribution in [2.45, 2.75) is 13.1 Å². The lowest BCUT2D eigenvalue weighted by atomic mass is 10.2. The van der Waals surface area contributed by atoms with Crippen LogP contribution < -0.4 is 5.32 Å². The Bertz CT molecular complexity index is 443. The minimum atomic E-state index is -4.54. The molecule has 1 aromatic rings. The predicted octanol–water partition coefficient (Wildman–Crippen LogP) is 3.85. The van der Waals surface area contributed by atoms with Crippen molar-refractivity contribution in [3.8, 4) is 0 Å². The number of rotatable bonds is 6. The van der Waals surface area contributed by atoms with Crippen molar-refractivity contribution in [1.82, 2.24) is 0 Å². The Morgan fingerprint density at radius 2 is 2.05 bits per heavy atom. The zero-order valence-electron chi connectivity index (χ0n) is 10.5. The first-order valence-corrected chi connectivity index (χ1v) is 5.63. The maximum absolute atomic E-state index is 13.4. The summed E-state index contributed by atoms with van der Waals surface area (Å²) in [5.74, 6) is -0.935. The van der Waals surface area contributed by atoms with E-state index in [2.05, 4.69) is 11.9 Å². The normalized spacial score (nSPS) is 11.4. The Balaban J connectivity index is 2.49. The number of anilines is 1. The van der Waals surface area contributed by atoms with Crippen LogP contribution in [-0.2, 0) is 10.9 Å². The molecule has 0 aromatic heterocycles. The van der Waals surface area contributed by atoms with Gasteiger partial charge < -0.3 is 10.1 Å². The van der Waals surface area contributed by atoms with Gasteiger partial charge in [-0.25, -0.2) is 4.39 Å². The summed E-state index contributed by atoms with van der Waals surface area (Å²) in [6, 6.07) is 2.37. The molecule has 0 bridgehead atoms. The maximum Gasteiger partial charge on any atom is 0.416 e. The minimum Gasteiger partial charge on any atom is -0.380 e. The van der Waals surface area contributed by atoms with Gasteiger partial charge in [0.05, 0.1) is 24.5 Å². The van der Waals surface area contributed by atoms with Crippen LogP contribution in [0.15, 0.2) is 30.4 Å². The minimum absolute atomic E-state index is 0.0203. The lowest BCUT2D eigenvalue weighted by molar-refractivity contribution is -0.137. The van der Waals surface area contributed by atoms with Crippen LogP contribution in [-0.4, -0.2) is 19.8 Å². The van der Waals surface area contributed by atoms with Gasteiger partial charge in [-0.05, 0) is 25.1 Å². The molecule has 1 N–H and O–H groups in total. The summed E-state index contributed by atoms with van der Waals surface area (Å²) >= 11 is 0. The summed E-state index contributed by atoms with van der Waals surface area (Å²) in [6.45, 7) is 6.47. The largest absolute Gasteiger partial charge is 0.416 e. The Hall–Kier alpha value is -1.56. The van der Waals surface area contributed by atoms with Gasteiger partial charge in [0.2, 0.25) is 0 Å². The smallest absolute Gasteiger partial charge is 0.380 e. The van der Waals surface area contributed by atoms with Gasteiger partial charge in [-0.3, -0.25) is 0 Å². The average molecular weight is 277 g/mol. The molecule has 0 radical (unpaired) electrons. The summed E-state index contributed by atoms with van der Waals surface area (Å²) < 4.78 is 55.5. The predicted molar refractivity (Wildman–Crippen MR) is 65.5 cm³/mol. The molecule has 0 amide bonds. The quantitative estimate of drug-likeness (QED) is 0.484. The third-order valence-corrected chi connectivity index (χ3v) is 2.21. The third-order valence-electron chi connectivity index (χ3n) is 2.21.